The van der Waals surface area contributed by atoms with Crippen molar-refractivity contribution in [3.8, 4) is 5.75 Å². The molecule has 0 saturated carbocycles. The number of hydrogen-bond donors (Lipinski definition) is 0. The highest BCUT2D eigenvalue weighted by Crippen LogP contribution is 2.23. The predicted molar refractivity (Wildman–Crippen MR) is 135 cm³/mol. The van der Waals surface area contributed by atoms with E-state index in [4.69, 9.17) is 21.4 Å². The van der Waals surface area contributed by atoms with Crippen LogP contribution in [0.15, 0.2) is 89.1 Å². The summed E-state index contributed by atoms with van der Waals surface area (Å²) in [6.07, 6.45) is 3.61. The Labute approximate surface area is 203 Å². The number of halogens is 1. The van der Waals surface area contributed by atoms with Gasteiger partial charge in [-0.15, -0.1) is 10.2 Å². The second kappa shape index (κ2) is 11.7. The van der Waals surface area contributed by atoms with E-state index in [0.717, 1.165) is 51.5 Å². The monoisotopic (exact) mass is 476 g/mol. The van der Waals surface area contributed by atoms with E-state index in [-0.39, 0.29) is 0 Å². The molecule has 5 nitrogen and oxygen atoms in total. The van der Waals surface area contributed by atoms with Gasteiger partial charge in [-0.25, -0.2) is 0 Å². The smallest absolute Gasteiger partial charge is 0.212 e. The Kier molecular flexibility index (Phi) is 8.17. The minimum atomic E-state index is 0.527. The van der Waals surface area contributed by atoms with E-state index < -0.39 is 0 Å². The zero-order valence-corrected chi connectivity index (χ0v) is 20.0. The van der Waals surface area contributed by atoms with Crippen LogP contribution in [0.5, 0.6) is 5.75 Å². The van der Waals surface area contributed by atoms with Crippen molar-refractivity contribution in [2.45, 2.75) is 37.3 Å². The molecule has 7 heteroatoms. The highest BCUT2D eigenvalue weighted by molar-refractivity contribution is 7.98. The topological polar surface area (TPSA) is 52.3 Å². The fourth-order valence-electron chi connectivity index (χ4n) is 3.16. The van der Waals surface area contributed by atoms with E-state index in [1.807, 2.05) is 77.6 Å². The molecule has 0 aliphatic heterocycles. The summed E-state index contributed by atoms with van der Waals surface area (Å²) in [5, 5.41) is 14.9. The third-order valence-corrected chi connectivity index (χ3v) is 6.10. The van der Waals surface area contributed by atoms with Gasteiger partial charge in [0, 0.05) is 17.2 Å². The molecule has 0 N–H and O–H groups in total. The number of benzene rings is 3. The van der Waals surface area contributed by atoms with Crippen molar-refractivity contribution in [3.63, 3.8) is 0 Å². The molecule has 0 amide bonds. The zero-order chi connectivity index (χ0) is 22.9. The van der Waals surface area contributed by atoms with Gasteiger partial charge in [0.2, 0.25) is 5.16 Å². The van der Waals surface area contributed by atoms with Crippen LogP contribution in [0.3, 0.4) is 0 Å². The van der Waals surface area contributed by atoms with Crippen LogP contribution in [0.2, 0.25) is 5.02 Å². The molecule has 1 aromatic heterocycles. The Morgan fingerprint density at radius 1 is 0.970 bits per heavy atom. The quantitative estimate of drug-likeness (QED) is 0.190. The molecule has 0 unspecified atom stereocenters. The van der Waals surface area contributed by atoms with Crippen molar-refractivity contribution < 1.29 is 4.74 Å². The number of aromatic nitrogens is 3. The van der Waals surface area contributed by atoms with Crippen molar-refractivity contribution in [2.75, 3.05) is 0 Å². The van der Waals surface area contributed by atoms with Crippen molar-refractivity contribution in [2.24, 2.45) is 5.10 Å². The van der Waals surface area contributed by atoms with Gasteiger partial charge < -0.3 is 4.74 Å². The summed E-state index contributed by atoms with van der Waals surface area (Å²) in [7, 11) is 0. The first-order valence-corrected chi connectivity index (χ1v) is 12.2. The van der Waals surface area contributed by atoms with Crippen LogP contribution in [0.1, 0.15) is 35.9 Å². The summed E-state index contributed by atoms with van der Waals surface area (Å²) in [6, 6.07) is 25.9. The van der Waals surface area contributed by atoms with Gasteiger partial charge >= 0.3 is 0 Å². The largest absolute Gasteiger partial charge is 0.489 e. The Balaban J connectivity index is 1.47. The Hall–Kier alpha value is -3.09. The molecule has 168 valence electrons. The molecule has 3 aromatic carbocycles. The number of ether oxygens (including phenoxy) is 1. The SMILES string of the molecule is CCCc1nnc(SCc2ccc(Cl)cc2)n1/N=C\c1cccc(OCc2ccccc2)c1. The first-order chi connectivity index (χ1) is 16.2. The fraction of sp³-hybridized carbons (Fsp3) is 0.192. The normalized spacial score (nSPS) is 11.2. The summed E-state index contributed by atoms with van der Waals surface area (Å²) in [5.41, 5.74) is 3.25. The lowest BCUT2D eigenvalue weighted by atomic mass is 10.2. The van der Waals surface area contributed by atoms with E-state index in [1.165, 1.54) is 5.56 Å². The van der Waals surface area contributed by atoms with Crippen LogP contribution >= 0.6 is 23.4 Å². The summed E-state index contributed by atoms with van der Waals surface area (Å²) < 4.78 is 7.78. The molecule has 4 rings (SSSR count). The Morgan fingerprint density at radius 2 is 1.79 bits per heavy atom. The average molecular weight is 477 g/mol. The molecular formula is C26H25ClN4OS. The van der Waals surface area contributed by atoms with Crippen LogP contribution in [-0.4, -0.2) is 21.1 Å². The zero-order valence-electron chi connectivity index (χ0n) is 18.4. The summed E-state index contributed by atoms with van der Waals surface area (Å²) in [6.45, 7) is 2.65. The predicted octanol–water partition coefficient (Wildman–Crippen LogP) is 6.64. The van der Waals surface area contributed by atoms with Crippen LogP contribution in [0.4, 0.5) is 0 Å². The van der Waals surface area contributed by atoms with Gasteiger partial charge in [-0.2, -0.15) is 9.78 Å². The number of rotatable bonds is 10. The molecule has 0 saturated heterocycles. The third-order valence-electron chi connectivity index (χ3n) is 4.86. The van der Waals surface area contributed by atoms with E-state index in [0.29, 0.717) is 6.61 Å². The van der Waals surface area contributed by atoms with Gasteiger partial charge in [0.25, 0.3) is 0 Å². The summed E-state index contributed by atoms with van der Waals surface area (Å²) in [5.74, 6) is 2.42. The minimum Gasteiger partial charge on any atom is -0.489 e. The molecule has 1 heterocycles. The maximum absolute atomic E-state index is 5.99. The Bertz CT molecular complexity index is 1190. The number of aryl methyl sites for hydroxylation is 1. The maximum atomic E-state index is 5.99. The van der Waals surface area contributed by atoms with Crippen LogP contribution < -0.4 is 4.74 Å². The first kappa shape index (κ1) is 23.1. The number of nitrogens with zero attached hydrogens (tertiary/aromatic N) is 4. The molecule has 0 spiro atoms. The van der Waals surface area contributed by atoms with E-state index in [2.05, 4.69) is 29.3 Å². The molecule has 0 radical (unpaired) electrons. The van der Waals surface area contributed by atoms with Crippen LogP contribution in [-0.2, 0) is 18.8 Å². The molecule has 33 heavy (non-hydrogen) atoms. The van der Waals surface area contributed by atoms with Crippen molar-refractivity contribution >= 4 is 29.6 Å². The summed E-state index contributed by atoms with van der Waals surface area (Å²) in [4.78, 5) is 0. The number of thioether (sulfide) groups is 1. The van der Waals surface area contributed by atoms with E-state index >= 15 is 0 Å². The van der Waals surface area contributed by atoms with Crippen molar-refractivity contribution in [3.05, 3.63) is 106 Å². The first-order valence-electron chi connectivity index (χ1n) is 10.8. The van der Waals surface area contributed by atoms with Gasteiger partial charge in [-0.3, -0.25) is 0 Å². The van der Waals surface area contributed by atoms with E-state index in [1.54, 1.807) is 11.8 Å². The molecule has 0 aliphatic carbocycles. The van der Waals surface area contributed by atoms with E-state index in [9.17, 15) is 0 Å². The molecule has 4 aromatic rings. The molecular weight excluding hydrogens is 452 g/mol. The van der Waals surface area contributed by atoms with Gasteiger partial charge in [0.1, 0.15) is 12.4 Å². The molecule has 0 fully saturated rings. The van der Waals surface area contributed by atoms with Gasteiger partial charge in [0.15, 0.2) is 5.82 Å². The maximum Gasteiger partial charge on any atom is 0.212 e. The average Bonchev–Trinajstić information content (AvgIpc) is 3.23. The van der Waals surface area contributed by atoms with Gasteiger partial charge in [0.05, 0.1) is 6.21 Å². The highest BCUT2D eigenvalue weighted by atomic mass is 35.5. The third kappa shape index (κ3) is 6.70. The molecule has 0 bridgehead atoms. The summed E-state index contributed by atoms with van der Waals surface area (Å²) >= 11 is 7.60. The fourth-order valence-corrected chi connectivity index (χ4v) is 4.15. The molecule has 0 atom stereocenters. The molecule has 0 aliphatic rings. The van der Waals surface area contributed by atoms with Crippen LogP contribution in [0.25, 0.3) is 0 Å². The number of hydrogen-bond acceptors (Lipinski definition) is 5. The standard InChI is InChI=1S/C26H25ClN4OS/c1-2-7-25-29-30-26(33-19-21-12-14-23(27)15-13-21)31(25)28-17-22-10-6-11-24(16-22)32-18-20-8-4-3-5-9-20/h3-6,8-17H,2,7,18-19H2,1H3/b28-17-. The van der Waals surface area contributed by atoms with Gasteiger partial charge in [-0.1, -0.05) is 84.9 Å². The second-order valence-corrected chi connectivity index (χ2v) is 8.85. The van der Waals surface area contributed by atoms with Crippen molar-refractivity contribution in [1.82, 2.24) is 14.9 Å². The lowest BCUT2D eigenvalue weighted by molar-refractivity contribution is 0.306. The minimum absolute atomic E-state index is 0.527. The second-order valence-electron chi connectivity index (χ2n) is 7.47. The van der Waals surface area contributed by atoms with Gasteiger partial charge in [-0.05, 0) is 47.4 Å². The lowest BCUT2D eigenvalue weighted by Crippen LogP contribution is -2.00. The van der Waals surface area contributed by atoms with Crippen LogP contribution in [0, 0.1) is 0 Å². The highest BCUT2D eigenvalue weighted by Gasteiger charge is 2.12. The Morgan fingerprint density at radius 3 is 2.58 bits per heavy atom. The van der Waals surface area contributed by atoms with Crippen molar-refractivity contribution in [1.29, 1.82) is 0 Å². The lowest BCUT2D eigenvalue weighted by Gasteiger charge is -2.07.